The summed E-state index contributed by atoms with van der Waals surface area (Å²) in [7, 11) is 1.64. The van der Waals surface area contributed by atoms with Gasteiger partial charge in [0.1, 0.15) is 11.8 Å². The Morgan fingerprint density at radius 1 is 1.31 bits per heavy atom. The Bertz CT molecular complexity index is 1000. The Morgan fingerprint density at radius 2 is 2.08 bits per heavy atom. The molecular weight excluding hydrogens is 344 g/mol. The molecule has 0 aliphatic heterocycles. The number of nitrogens with two attached hydrogens (primary N) is 1. The molecule has 3 aromatic rings. The zero-order valence-electron chi connectivity index (χ0n) is 14.0. The second-order valence-electron chi connectivity index (χ2n) is 5.53. The lowest BCUT2D eigenvalue weighted by molar-refractivity contribution is 0.415. The van der Waals surface area contributed by atoms with Crippen molar-refractivity contribution in [1.29, 1.82) is 5.26 Å². The van der Waals surface area contributed by atoms with Crippen molar-refractivity contribution in [2.75, 3.05) is 12.4 Å². The van der Waals surface area contributed by atoms with Gasteiger partial charge < -0.3 is 20.4 Å². The topological polar surface area (TPSA) is 76.0 Å². The fourth-order valence-corrected chi connectivity index (χ4v) is 3.20. The van der Waals surface area contributed by atoms with Gasteiger partial charge in [0.25, 0.3) is 0 Å². The normalized spacial score (nSPS) is 10.0. The molecule has 0 fully saturated rings. The van der Waals surface area contributed by atoms with Crippen molar-refractivity contribution in [2.45, 2.75) is 20.9 Å². The zero-order chi connectivity index (χ0) is 18.0. The number of methoxy groups -OCH3 is 1. The predicted octanol–water partition coefficient (Wildman–Crippen LogP) is 4.50. The van der Waals surface area contributed by atoms with E-state index < -0.39 is 0 Å². The summed E-state index contributed by atoms with van der Waals surface area (Å²) in [6, 6.07) is 15.8. The summed E-state index contributed by atoms with van der Waals surface area (Å²) in [6.45, 7) is 2.79. The van der Waals surface area contributed by atoms with Gasteiger partial charge in [-0.05, 0) is 43.4 Å². The number of aryl methyl sites for hydroxylation is 1. The maximum Gasteiger partial charge on any atom is 0.168 e. The molecule has 5 nitrogen and oxygen atoms in total. The third-order valence-corrected chi connectivity index (χ3v) is 4.21. The number of fused-ring (bicyclic) bond motifs is 1. The Morgan fingerprint density at radius 3 is 2.69 bits per heavy atom. The molecule has 0 saturated heterocycles. The third kappa shape index (κ3) is 3.35. The highest BCUT2D eigenvalue weighted by atomic mass is 32.1. The van der Waals surface area contributed by atoms with Crippen molar-refractivity contribution < 1.29 is 4.74 Å². The van der Waals surface area contributed by atoms with E-state index in [1.54, 1.807) is 7.11 Å². The van der Waals surface area contributed by atoms with Gasteiger partial charge in [-0.3, -0.25) is 0 Å². The minimum atomic E-state index is 0. The molecule has 26 heavy (non-hydrogen) atoms. The molecule has 0 atom stereocenters. The Kier molecular flexibility index (Phi) is 5.86. The summed E-state index contributed by atoms with van der Waals surface area (Å²) in [5, 5.41) is 13.8. The highest BCUT2D eigenvalue weighted by Gasteiger charge is 2.18. The Labute approximate surface area is 159 Å². The third-order valence-electron chi connectivity index (χ3n) is 4.10. The highest BCUT2D eigenvalue weighted by Crippen LogP contribution is 2.36. The molecule has 6 heteroatoms. The quantitative estimate of drug-likeness (QED) is 0.665. The standard InChI is InChI=1S/C19H18N4OS.CH4/c1-3-23-17-10-14(24-2)7-8-15(17)16(11-20)18(23)12-5-4-6-13(9-12)22-19(21)25;/h4-10H,3H2,1-2H3,(H3,21,22,25);1H4. The first kappa shape index (κ1) is 19.3. The molecule has 1 heterocycles. The van der Waals surface area contributed by atoms with Crippen molar-refractivity contribution in [1.82, 2.24) is 4.57 Å². The number of ether oxygens (including phenoxy) is 1. The molecule has 0 radical (unpaired) electrons. The fourth-order valence-electron chi connectivity index (χ4n) is 3.08. The van der Waals surface area contributed by atoms with E-state index >= 15 is 0 Å². The van der Waals surface area contributed by atoms with E-state index in [9.17, 15) is 5.26 Å². The van der Waals surface area contributed by atoms with E-state index in [0.717, 1.165) is 40.1 Å². The number of nitriles is 1. The van der Waals surface area contributed by atoms with E-state index in [4.69, 9.17) is 22.7 Å². The summed E-state index contributed by atoms with van der Waals surface area (Å²) in [5.74, 6) is 0.764. The molecule has 0 saturated carbocycles. The molecule has 2 aromatic carbocycles. The van der Waals surface area contributed by atoms with Gasteiger partial charge in [0.15, 0.2) is 5.11 Å². The van der Waals surface area contributed by atoms with Gasteiger partial charge >= 0.3 is 0 Å². The first-order chi connectivity index (χ1) is 12.1. The van der Waals surface area contributed by atoms with Crippen molar-refractivity contribution in [2.24, 2.45) is 5.73 Å². The molecule has 0 aliphatic carbocycles. The molecular formula is C20H22N4OS. The second-order valence-corrected chi connectivity index (χ2v) is 5.97. The second kappa shape index (κ2) is 7.89. The van der Waals surface area contributed by atoms with Crippen molar-refractivity contribution in [3.05, 3.63) is 48.0 Å². The fraction of sp³-hybridized carbons (Fsp3) is 0.200. The molecule has 0 unspecified atom stereocenters. The van der Waals surface area contributed by atoms with Gasteiger partial charge in [0.05, 0.1) is 23.9 Å². The first-order valence-electron chi connectivity index (χ1n) is 7.86. The van der Waals surface area contributed by atoms with Crippen LogP contribution in [-0.4, -0.2) is 16.8 Å². The largest absolute Gasteiger partial charge is 0.497 e. The number of rotatable bonds is 4. The maximum atomic E-state index is 9.78. The number of nitrogens with zero attached hydrogens (tertiary/aromatic N) is 2. The summed E-state index contributed by atoms with van der Waals surface area (Å²) in [4.78, 5) is 0. The van der Waals surface area contributed by atoms with Crippen LogP contribution in [0.3, 0.4) is 0 Å². The van der Waals surface area contributed by atoms with Crippen LogP contribution in [0.2, 0.25) is 0 Å². The van der Waals surface area contributed by atoms with Gasteiger partial charge in [-0.1, -0.05) is 19.6 Å². The summed E-state index contributed by atoms with van der Waals surface area (Å²) in [6.07, 6.45) is 0. The van der Waals surface area contributed by atoms with E-state index in [-0.39, 0.29) is 12.5 Å². The summed E-state index contributed by atoms with van der Waals surface area (Å²) < 4.78 is 7.46. The maximum absolute atomic E-state index is 9.78. The molecule has 134 valence electrons. The zero-order valence-corrected chi connectivity index (χ0v) is 14.9. The number of aromatic nitrogens is 1. The average Bonchev–Trinajstić information content (AvgIpc) is 2.93. The smallest absolute Gasteiger partial charge is 0.168 e. The van der Waals surface area contributed by atoms with Gasteiger partial charge in [-0.15, -0.1) is 0 Å². The Balaban J connectivity index is 0.00000243. The number of anilines is 1. The predicted molar refractivity (Wildman–Crippen MR) is 111 cm³/mol. The van der Waals surface area contributed by atoms with Crippen molar-refractivity contribution in [3.8, 4) is 23.1 Å². The van der Waals surface area contributed by atoms with E-state index in [1.165, 1.54) is 0 Å². The van der Waals surface area contributed by atoms with Crippen molar-refractivity contribution >= 4 is 33.9 Å². The van der Waals surface area contributed by atoms with Gasteiger partial charge in [0, 0.05) is 29.2 Å². The van der Waals surface area contributed by atoms with E-state index in [0.29, 0.717) is 5.56 Å². The number of hydrogen-bond donors (Lipinski definition) is 2. The van der Waals surface area contributed by atoms with Gasteiger partial charge in [-0.25, -0.2) is 0 Å². The molecule has 3 N–H and O–H groups in total. The van der Waals surface area contributed by atoms with Crippen LogP contribution < -0.4 is 15.8 Å². The average molecular weight is 366 g/mol. The lowest BCUT2D eigenvalue weighted by Crippen LogP contribution is -2.18. The number of hydrogen-bond acceptors (Lipinski definition) is 3. The van der Waals surface area contributed by atoms with Crippen LogP contribution in [0.25, 0.3) is 22.2 Å². The molecule has 0 spiro atoms. The lowest BCUT2D eigenvalue weighted by Gasteiger charge is -2.11. The van der Waals surface area contributed by atoms with E-state index in [2.05, 4.69) is 22.9 Å². The molecule has 0 bridgehead atoms. The summed E-state index contributed by atoms with van der Waals surface area (Å²) in [5.41, 5.74) is 9.78. The number of benzene rings is 2. The van der Waals surface area contributed by atoms with Crippen LogP contribution >= 0.6 is 12.2 Å². The van der Waals surface area contributed by atoms with Crippen LogP contribution in [0.15, 0.2) is 42.5 Å². The minimum Gasteiger partial charge on any atom is -0.497 e. The number of nitrogens with one attached hydrogen (secondary N) is 1. The van der Waals surface area contributed by atoms with Crippen LogP contribution in [0.5, 0.6) is 5.75 Å². The minimum absolute atomic E-state index is 0. The number of thiocarbonyl (C=S) groups is 1. The van der Waals surface area contributed by atoms with Crippen molar-refractivity contribution in [3.63, 3.8) is 0 Å². The highest BCUT2D eigenvalue weighted by molar-refractivity contribution is 7.80. The SMILES string of the molecule is C.CCn1c(-c2cccc(NC(N)=S)c2)c(C#N)c2ccc(OC)cc21. The molecule has 0 amide bonds. The van der Waals surface area contributed by atoms with Crippen LogP contribution in [-0.2, 0) is 6.54 Å². The van der Waals surface area contributed by atoms with Gasteiger partial charge in [0.2, 0.25) is 0 Å². The van der Waals surface area contributed by atoms with Crippen LogP contribution in [0, 0.1) is 11.3 Å². The van der Waals surface area contributed by atoms with E-state index in [1.807, 2.05) is 42.5 Å². The first-order valence-corrected chi connectivity index (χ1v) is 8.27. The molecule has 0 aliphatic rings. The molecule has 1 aromatic heterocycles. The Hall–Kier alpha value is -3.04. The van der Waals surface area contributed by atoms with Crippen LogP contribution in [0.4, 0.5) is 5.69 Å². The van der Waals surface area contributed by atoms with Crippen LogP contribution in [0.1, 0.15) is 19.9 Å². The van der Waals surface area contributed by atoms with Gasteiger partial charge in [-0.2, -0.15) is 5.26 Å². The molecule has 3 rings (SSSR count). The monoisotopic (exact) mass is 366 g/mol. The summed E-state index contributed by atoms with van der Waals surface area (Å²) >= 11 is 4.91. The lowest BCUT2D eigenvalue weighted by atomic mass is 10.1.